The minimum absolute atomic E-state index is 0.0806. The second-order valence-corrected chi connectivity index (χ2v) is 5.78. The summed E-state index contributed by atoms with van der Waals surface area (Å²) in [6.07, 6.45) is -0.839. The lowest BCUT2D eigenvalue weighted by Crippen LogP contribution is -2.26. The van der Waals surface area contributed by atoms with E-state index in [2.05, 4.69) is 27.4 Å². The number of rotatable bonds is 5. The number of carboxylic acid groups (broad SMARTS) is 1. The Morgan fingerprint density at radius 2 is 1.66 bits per heavy atom. The standard InChI is InChI=1S/C18H17N3O.C2HF3O2/c22-18(21-11-10-14-6-2-1-3-7-14)16-9-5-4-8-15(16)17-19-12-13-20-17;3-2(4,5)1(6)7/h1-9,12-13H,10-11H2,(H,19,20)(H,21,22);(H,6,7). The summed E-state index contributed by atoms with van der Waals surface area (Å²) in [6, 6.07) is 17.6. The highest BCUT2D eigenvalue weighted by Gasteiger charge is 2.38. The number of aromatic nitrogens is 2. The van der Waals surface area contributed by atoms with Gasteiger partial charge < -0.3 is 15.4 Å². The molecule has 9 heteroatoms. The molecule has 2 aromatic carbocycles. The van der Waals surface area contributed by atoms with E-state index in [-0.39, 0.29) is 5.91 Å². The SMILES string of the molecule is O=C(NCCc1ccccc1)c1ccccc1-c1ncc[nH]1.O=C(O)C(F)(F)F. The van der Waals surface area contributed by atoms with E-state index < -0.39 is 12.1 Å². The summed E-state index contributed by atoms with van der Waals surface area (Å²) in [5.41, 5.74) is 2.65. The first-order chi connectivity index (χ1) is 13.8. The Hall–Kier alpha value is -3.62. The number of carboxylic acids is 1. The van der Waals surface area contributed by atoms with E-state index in [4.69, 9.17) is 9.90 Å². The summed E-state index contributed by atoms with van der Waals surface area (Å²) >= 11 is 0. The summed E-state index contributed by atoms with van der Waals surface area (Å²) in [5.74, 6) is -2.13. The molecule has 3 rings (SSSR count). The summed E-state index contributed by atoms with van der Waals surface area (Å²) in [4.78, 5) is 28.6. The molecule has 152 valence electrons. The number of hydrogen-bond donors (Lipinski definition) is 3. The monoisotopic (exact) mass is 405 g/mol. The summed E-state index contributed by atoms with van der Waals surface area (Å²) < 4.78 is 31.7. The van der Waals surface area contributed by atoms with Gasteiger partial charge in [-0.15, -0.1) is 0 Å². The van der Waals surface area contributed by atoms with Gasteiger partial charge in [-0.05, 0) is 18.1 Å². The van der Waals surface area contributed by atoms with Gasteiger partial charge in [-0.2, -0.15) is 13.2 Å². The van der Waals surface area contributed by atoms with Crippen LogP contribution in [0.15, 0.2) is 67.0 Å². The van der Waals surface area contributed by atoms with Crippen LogP contribution < -0.4 is 5.32 Å². The maximum Gasteiger partial charge on any atom is 0.490 e. The Labute approximate surface area is 164 Å². The number of aromatic amines is 1. The maximum absolute atomic E-state index is 12.4. The summed E-state index contributed by atoms with van der Waals surface area (Å²) in [5, 5.41) is 10.1. The zero-order valence-corrected chi connectivity index (χ0v) is 15.1. The van der Waals surface area contributed by atoms with Gasteiger partial charge in [0.1, 0.15) is 5.82 Å². The van der Waals surface area contributed by atoms with E-state index in [0.29, 0.717) is 17.9 Å². The van der Waals surface area contributed by atoms with E-state index >= 15 is 0 Å². The van der Waals surface area contributed by atoms with Gasteiger partial charge in [0.15, 0.2) is 0 Å². The Kier molecular flexibility index (Phi) is 7.53. The fourth-order valence-electron chi connectivity index (χ4n) is 2.36. The molecule has 0 unspecified atom stereocenters. The molecule has 0 atom stereocenters. The van der Waals surface area contributed by atoms with Crippen LogP contribution in [0.4, 0.5) is 13.2 Å². The van der Waals surface area contributed by atoms with Crippen LogP contribution in [0, 0.1) is 0 Å². The number of hydrogen-bond acceptors (Lipinski definition) is 3. The van der Waals surface area contributed by atoms with Gasteiger partial charge in [-0.3, -0.25) is 4.79 Å². The highest BCUT2D eigenvalue weighted by molar-refractivity contribution is 6.00. The molecule has 0 saturated heterocycles. The minimum Gasteiger partial charge on any atom is -0.475 e. The second-order valence-electron chi connectivity index (χ2n) is 5.78. The predicted octanol–water partition coefficient (Wildman–Crippen LogP) is 3.68. The molecule has 0 aliphatic carbocycles. The highest BCUT2D eigenvalue weighted by Crippen LogP contribution is 2.19. The van der Waals surface area contributed by atoms with Crippen molar-refractivity contribution in [3.05, 3.63) is 78.1 Å². The number of alkyl halides is 3. The third-order valence-corrected chi connectivity index (χ3v) is 3.71. The number of benzene rings is 2. The van der Waals surface area contributed by atoms with Crippen molar-refractivity contribution in [2.75, 3.05) is 6.54 Å². The predicted molar refractivity (Wildman–Crippen MR) is 100 cm³/mol. The van der Waals surface area contributed by atoms with Crippen LogP contribution in [0.3, 0.4) is 0 Å². The fraction of sp³-hybridized carbons (Fsp3) is 0.150. The lowest BCUT2D eigenvalue weighted by molar-refractivity contribution is -0.192. The molecule has 3 aromatic rings. The molecule has 0 spiro atoms. The third kappa shape index (κ3) is 6.80. The zero-order chi connectivity index (χ0) is 21.3. The van der Waals surface area contributed by atoms with Crippen LogP contribution >= 0.6 is 0 Å². The molecule has 0 aliphatic heterocycles. The first-order valence-corrected chi connectivity index (χ1v) is 8.50. The molecule has 3 N–H and O–H groups in total. The van der Waals surface area contributed by atoms with Gasteiger partial charge >= 0.3 is 12.1 Å². The molecule has 6 nitrogen and oxygen atoms in total. The number of carbonyl (C=O) groups excluding carboxylic acids is 1. The van der Waals surface area contributed by atoms with Crippen LogP contribution in [-0.2, 0) is 11.2 Å². The Morgan fingerprint density at radius 1 is 1.03 bits per heavy atom. The van der Waals surface area contributed by atoms with Gasteiger partial charge in [0, 0.05) is 24.5 Å². The van der Waals surface area contributed by atoms with Crippen LogP contribution in [-0.4, -0.2) is 39.7 Å². The summed E-state index contributed by atoms with van der Waals surface area (Å²) in [6.45, 7) is 0.606. The van der Waals surface area contributed by atoms with Crippen molar-refractivity contribution in [2.45, 2.75) is 12.6 Å². The van der Waals surface area contributed by atoms with Crippen molar-refractivity contribution in [2.24, 2.45) is 0 Å². The molecular formula is C20H18F3N3O3. The fourth-order valence-corrected chi connectivity index (χ4v) is 2.36. The van der Waals surface area contributed by atoms with Crippen LogP contribution in [0.25, 0.3) is 11.4 Å². The summed E-state index contributed by atoms with van der Waals surface area (Å²) in [7, 11) is 0. The number of halogens is 3. The van der Waals surface area contributed by atoms with Crippen molar-refractivity contribution in [3.8, 4) is 11.4 Å². The Bertz CT molecular complexity index is 927. The number of carbonyl (C=O) groups is 2. The molecule has 0 radical (unpaired) electrons. The first kappa shape index (κ1) is 21.7. The van der Waals surface area contributed by atoms with Gasteiger partial charge in [-0.1, -0.05) is 48.5 Å². The molecule has 0 fully saturated rings. The number of H-pyrrole nitrogens is 1. The molecule has 29 heavy (non-hydrogen) atoms. The Balaban J connectivity index is 0.000000370. The number of amides is 1. The molecule has 0 bridgehead atoms. The topological polar surface area (TPSA) is 95.1 Å². The third-order valence-electron chi connectivity index (χ3n) is 3.71. The van der Waals surface area contributed by atoms with Gasteiger partial charge in [-0.25, -0.2) is 9.78 Å². The smallest absolute Gasteiger partial charge is 0.475 e. The molecule has 1 amide bonds. The lowest BCUT2D eigenvalue weighted by atomic mass is 10.1. The van der Waals surface area contributed by atoms with E-state index in [9.17, 15) is 18.0 Å². The number of nitrogens with zero attached hydrogens (tertiary/aromatic N) is 1. The Morgan fingerprint density at radius 3 is 2.24 bits per heavy atom. The lowest BCUT2D eigenvalue weighted by Gasteiger charge is -2.09. The average molecular weight is 405 g/mol. The van der Waals surface area contributed by atoms with Crippen LogP contribution in [0.5, 0.6) is 0 Å². The highest BCUT2D eigenvalue weighted by atomic mass is 19.4. The zero-order valence-electron chi connectivity index (χ0n) is 15.1. The minimum atomic E-state index is -5.08. The van der Waals surface area contributed by atoms with Crippen molar-refractivity contribution >= 4 is 11.9 Å². The number of nitrogens with one attached hydrogen (secondary N) is 2. The maximum atomic E-state index is 12.4. The van der Waals surface area contributed by atoms with Crippen LogP contribution in [0.2, 0.25) is 0 Å². The second kappa shape index (κ2) is 10.1. The van der Waals surface area contributed by atoms with E-state index in [1.54, 1.807) is 12.4 Å². The number of aliphatic carboxylic acids is 1. The van der Waals surface area contributed by atoms with E-state index in [0.717, 1.165) is 12.0 Å². The molecular weight excluding hydrogens is 387 g/mol. The van der Waals surface area contributed by atoms with Crippen molar-refractivity contribution in [3.63, 3.8) is 0 Å². The molecule has 0 saturated carbocycles. The van der Waals surface area contributed by atoms with E-state index in [1.165, 1.54) is 5.56 Å². The van der Waals surface area contributed by atoms with Crippen LogP contribution in [0.1, 0.15) is 15.9 Å². The molecule has 0 aliphatic rings. The van der Waals surface area contributed by atoms with Gasteiger partial charge in [0.2, 0.25) is 0 Å². The normalized spacial score (nSPS) is 10.6. The average Bonchev–Trinajstić information content (AvgIpc) is 3.23. The first-order valence-electron chi connectivity index (χ1n) is 8.50. The molecule has 1 aromatic heterocycles. The molecule has 1 heterocycles. The van der Waals surface area contributed by atoms with Gasteiger partial charge in [0.05, 0.1) is 5.56 Å². The van der Waals surface area contributed by atoms with Crippen molar-refractivity contribution < 1.29 is 27.9 Å². The van der Waals surface area contributed by atoms with Crippen molar-refractivity contribution in [1.82, 2.24) is 15.3 Å². The van der Waals surface area contributed by atoms with Crippen molar-refractivity contribution in [1.29, 1.82) is 0 Å². The van der Waals surface area contributed by atoms with E-state index in [1.807, 2.05) is 42.5 Å². The largest absolute Gasteiger partial charge is 0.490 e. The van der Waals surface area contributed by atoms with Gasteiger partial charge in [0.25, 0.3) is 5.91 Å². The number of imidazole rings is 1. The quantitative estimate of drug-likeness (QED) is 0.604.